The van der Waals surface area contributed by atoms with Crippen LogP contribution in [-0.4, -0.2) is 29.1 Å². The summed E-state index contributed by atoms with van der Waals surface area (Å²) < 4.78 is 0. The van der Waals surface area contributed by atoms with Crippen molar-refractivity contribution >= 4 is 11.6 Å². The van der Waals surface area contributed by atoms with Gasteiger partial charge in [0.25, 0.3) is 0 Å². The lowest BCUT2D eigenvalue weighted by Gasteiger charge is -2.32. The standard InChI is InChI=1S/C16H21N5/c1-11-3-2-4-12(9-11)15-14(10-19-16(18)20-15)21-7-5-13(17)6-8-21/h2-4,9-10,13H,5-8,17H2,1H3,(H2,18,19,20). The molecule has 110 valence electrons. The van der Waals surface area contributed by atoms with Crippen LogP contribution in [0.1, 0.15) is 18.4 Å². The van der Waals surface area contributed by atoms with Gasteiger partial charge in [-0.15, -0.1) is 0 Å². The fourth-order valence-corrected chi connectivity index (χ4v) is 2.77. The van der Waals surface area contributed by atoms with E-state index in [1.54, 1.807) is 0 Å². The molecule has 5 nitrogen and oxygen atoms in total. The van der Waals surface area contributed by atoms with E-state index in [4.69, 9.17) is 11.5 Å². The van der Waals surface area contributed by atoms with Gasteiger partial charge in [0, 0.05) is 24.7 Å². The largest absolute Gasteiger partial charge is 0.368 e. The van der Waals surface area contributed by atoms with Gasteiger partial charge >= 0.3 is 0 Å². The fraction of sp³-hybridized carbons (Fsp3) is 0.375. The molecule has 1 aromatic heterocycles. The molecule has 2 heterocycles. The number of hydrogen-bond donors (Lipinski definition) is 2. The Kier molecular flexibility index (Phi) is 3.75. The van der Waals surface area contributed by atoms with Crippen molar-refractivity contribution in [2.45, 2.75) is 25.8 Å². The van der Waals surface area contributed by atoms with Crippen LogP contribution in [0.3, 0.4) is 0 Å². The van der Waals surface area contributed by atoms with Gasteiger partial charge in [-0.05, 0) is 25.8 Å². The molecule has 1 saturated heterocycles. The predicted molar refractivity (Wildman–Crippen MR) is 86.0 cm³/mol. The first-order chi connectivity index (χ1) is 10.1. The molecule has 0 radical (unpaired) electrons. The highest BCUT2D eigenvalue weighted by Gasteiger charge is 2.20. The summed E-state index contributed by atoms with van der Waals surface area (Å²) in [7, 11) is 0. The number of nitrogen functional groups attached to an aromatic ring is 1. The highest BCUT2D eigenvalue weighted by atomic mass is 15.2. The summed E-state index contributed by atoms with van der Waals surface area (Å²) in [5.41, 5.74) is 16.0. The number of nitrogens with two attached hydrogens (primary N) is 2. The molecule has 0 saturated carbocycles. The molecule has 3 rings (SSSR count). The fourth-order valence-electron chi connectivity index (χ4n) is 2.77. The van der Waals surface area contributed by atoms with E-state index < -0.39 is 0 Å². The summed E-state index contributed by atoms with van der Waals surface area (Å²) in [5.74, 6) is 0.309. The van der Waals surface area contributed by atoms with E-state index in [2.05, 4.69) is 40.0 Å². The third kappa shape index (κ3) is 2.97. The van der Waals surface area contributed by atoms with Gasteiger partial charge < -0.3 is 16.4 Å². The molecule has 0 bridgehead atoms. The predicted octanol–water partition coefficient (Wildman–Crippen LogP) is 1.96. The second-order valence-corrected chi connectivity index (χ2v) is 5.66. The summed E-state index contributed by atoms with van der Waals surface area (Å²) in [6, 6.07) is 8.61. The van der Waals surface area contributed by atoms with E-state index >= 15 is 0 Å². The first-order valence-electron chi connectivity index (χ1n) is 7.33. The number of piperidine rings is 1. The number of benzene rings is 1. The van der Waals surface area contributed by atoms with Crippen molar-refractivity contribution in [1.82, 2.24) is 9.97 Å². The zero-order valence-electron chi connectivity index (χ0n) is 12.3. The topological polar surface area (TPSA) is 81.1 Å². The van der Waals surface area contributed by atoms with Crippen LogP contribution in [0.25, 0.3) is 11.3 Å². The molecule has 1 fully saturated rings. The van der Waals surface area contributed by atoms with E-state index in [0.717, 1.165) is 42.9 Å². The maximum Gasteiger partial charge on any atom is 0.220 e. The van der Waals surface area contributed by atoms with Crippen LogP contribution in [0.5, 0.6) is 0 Å². The van der Waals surface area contributed by atoms with E-state index in [1.807, 2.05) is 12.3 Å². The van der Waals surface area contributed by atoms with Gasteiger partial charge in [-0.25, -0.2) is 9.97 Å². The molecular weight excluding hydrogens is 262 g/mol. The SMILES string of the molecule is Cc1cccc(-c2nc(N)ncc2N2CCC(N)CC2)c1. The van der Waals surface area contributed by atoms with Crippen LogP contribution in [0.15, 0.2) is 30.5 Å². The van der Waals surface area contributed by atoms with E-state index in [1.165, 1.54) is 5.56 Å². The normalized spacial score (nSPS) is 16.2. The Labute approximate surface area is 125 Å². The summed E-state index contributed by atoms with van der Waals surface area (Å²) in [4.78, 5) is 11.0. The number of hydrogen-bond acceptors (Lipinski definition) is 5. The Morgan fingerprint density at radius 2 is 2.00 bits per heavy atom. The van der Waals surface area contributed by atoms with Gasteiger partial charge in [0.1, 0.15) is 0 Å². The monoisotopic (exact) mass is 283 g/mol. The van der Waals surface area contributed by atoms with Crippen molar-refractivity contribution in [3.63, 3.8) is 0 Å². The smallest absolute Gasteiger partial charge is 0.220 e. The highest BCUT2D eigenvalue weighted by Crippen LogP contribution is 2.31. The summed E-state index contributed by atoms with van der Waals surface area (Å²) in [5, 5.41) is 0. The Morgan fingerprint density at radius 1 is 1.24 bits per heavy atom. The van der Waals surface area contributed by atoms with E-state index in [9.17, 15) is 0 Å². The number of aryl methyl sites for hydroxylation is 1. The van der Waals surface area contributed by atoms with Crippen LogP contribution in [0.4, 0.5) is 11.6 Å². The number of anilines is 2. The summed E-state index contributed by atoms with van der Waals surface area (Å²) in [6.45, 7) is 3.95. The Bertz CT molecular complexity index is 632. The van der Waals surface area contributed by atoms with Gasteiger partial charge in [0.05, 0.1) is 17.6 Å². The Balaban J connectivity index is 2.01. The number of rotatable bonds is 2. The van der Waals surface area contributed by atoms with Gasteiger partial charge in [-0.1, -0.05) is 23.8 Å². The maximum absolute atomic E-state index is 5.99. The average Bonchev–Trinajstić information content (AvgIpc) is 2.48. The van der Waals surface area contributed by atoms with Gasteiger partial charge in [0.15, 0.2) is 0 Å². The molecule has 1 aliphatic rings. The van der Waals surface area contributed by atoms with Crippen LogP contribution in [-0.2, 0) is 0 Å². The van der Waals surface area contributed by atoms with E-state index in [-0.39, 0.29) is 0 Å². The van der Waals surface area contributed by atoms with Crippen molar-refractivity contribution in [1.29, 1.82) is 0 Å². The van der Waals surface area contributed by atoms with Crippen molar-refractivity contribution < 1.29 is 0 Å². The van der Waals surface area contributed by atoms with Gasteiger partial charge in [0.2, 0.25) is 5.95 Å². The first-order valence-corrected chi connectivity index (χ1v) is 7.33. The minimum atomic E-state index is 0.304. The second-order valence-electron chi connectivity index (χ2n) is 5.66. The van der Waals surface area contributed by atoms with Crippen LogP contribution in [0, 0.1) is 6.92 Å². The van der Waals surface area contributed by atoms with Crippen molar-refractivity contribution in [3.05, 3.63) is 36.0 Å². The van der Waals surface area contributed by atoms with Crippen LogP contribution < -0.4 is 16.4 Å². The lowest BCUT2D eigenvalue weighted by molar-refractivity contribution is 0.501. The zero-order valence-corrected chi connectivity index (χ0v) is 12.3. The highest BCUT2D eigenvalue weighted by molar-refractivity contribution is 5.75. The van der Waals surface area contributed by atoms with Crippen LogP contribution >= 0.6 is 0 Å². The first kappa shape index (κ1) is 13.8. The molecule has 0 atom stereocenters. The molecule has 0 amide bonds. The number of aromatic nitrogens is 2. The second kappa shape index (κ2) is 5.69. The quantitative estimate of drug-likeness (QED) is 0.880. The third-order valence-corrected chi connectivity index (χ3v) is 3.96. The molecule has 0 unspecified atom stereocenters. The minimum Gasteiger partial charge on any atom is -0.368 e. The minimum absolute atomic E-state index is 0.304. The summed E-state index contributed by atoms with van der Waals surface area (Å²) >= 11 is 0. The lowest BCUT2D eigenvalue weighted by atomic mass is 10.0. The molecule has 1 aliphatic heterocycles. The molecule has 1 aromatic carbocycles. The molecule has 5 heteroatoms. The van der Waals surface area contributed by atoms with Crippen molar-refractivity contribution in [2.24, 2.45) is 5.73 Å². The number of nitrogens with zero attached hydrogens (tertiary/aromatic N) is 3. The summed E-state index contributed by atoms with van der Waals surface area (Å²) in [6.07, 6.45) is 3.83. The lowest BCUT2D eigenvalue weighted by Crippen LogP contribution is -2.40. The van der Waals surface area contributed by atoms with Gasteiger partial charge in [-0.3, -0.25) is 0 Å². The average molecular weight is 283 g/mol. The molecule has 2 aromatic rings. The van der Waals surface area contributed by atoms with E-state index in [0.29, 0.717) is 12.0 Å². The maximum atomic E-state index is 5.99. The molecule has 21 heavy (non-hydrogen) atoms. The Morgan fingerprint density at radius 3 is 2.71 bits per heavy atom. The van der Waals surface area contributed by atoms with Crippen molar-refractivity contribution in [2.75, 3.05) is 23.7 Å². The van der Waals surface area contributed by atoms with Crippen LogP contribution in [0.2, 0.25) is 0 Å². The molecule has 0 aliphatic carbocycles. The Hall–Kier alpha value is -2.14. The zero-order chi connectivity index (χ0) is 14.8. The molecular formula is C16H21N5. The van der Waals surface area contributed by atoms with Crippen molar-refractivity contribution in [3.8, 4) is 11.3 Å². The van der Waals surface area contributed by atoms with Gasteiger partial charge in [-0.2, -0.15) is 0 Å². The molecule has 0 spiro atoms. The molecule has 4 N–H and O–H groups in total. The third-order valence-electron chi connectivity index (χ3n) is 3.96.